The number of nitrogens with one attached hydrogen (secondary N) is 1. The lowest BCUT2D eigenvalue weighted by molar-refractivity contribution is 0.0868. The minimum atomic E-state index is -0.349. The largest absolute Gasteiger partial charge is 0.506 e. The zero-order chi connectivity index (χ0) is 15.2. The lowest BCUT2D eigenvalue weighted by atomic mass is 10.3. The number of urea groups is 1. The van der Waals surface area contributed by atoms with Gasteiger partial charge in [-0.3, -0.25) is 0 Å². The molecule has 1 aromatic carbocycles. The number of carbonyl (C=O) groups excluding carboxylic acids is 2. The molecule has 7 heteroatoms. The lowest BCUT2D eigenvalue weighted by Crippen LogP contribution is -2.51. The van der Waals surface area contributed by atoms with Crippen molar-refractivity contribution in [3.05, 3.63) is 24.3 Å². The van der Waals surface area contributed by atoms with Gasteiger partial charge in [0.05, 0.1) is 12.3 Å². The van der Waals surface area contributed by atoms with Gasteiger partial charge in [0.2, 0.25) is 0 Å². The number of amides is 3. The molecule has 2 rings (SSSR count). The van der Waals surface area contributed by atoms with Gasteiger partial charge in [0.15, 0.2) is 0 Å². The van der Waals surface area contributed by atoms with Crippen LogP contribution in [0.15, 0.2) is 24.3 Å². The van der Waals surface area contributed by atoms with Crippen LogP contribution in [-0.4, -0.2) is 59.8 Å². The molecule has 1 aliphatic rings. The molecule has 114 valence electrons. The summed E-state index contributed by atoms with van der Waals surface area (Å²) in [5, 5.41) is 12.3. The number of aromatic hydroxyl groups is 1. The second kappa shape index (κ2) is 6.83. The number of rotatable bonds is 2. The predicted octanol–water partition coefficient (Wildman–Crippen LogP) is 1.70. The van der Waals surface area contributed by atoms with E-state index in [2.05, 4.69) is 5.32 Å². The molecular weight excluding hydrogens is 274 g/mol. The average molecular weight is 293 g/mol. The Labute approximate surface area is 123 Å². The summed E-state index contributed by atoms with van der Waals surface area (Å²) in [4.78, 5) is 26.8. The number of anilines is 1. The van der Waals surface area contributed by atoms with E-state index in [1.54, 1.807) is 34.9 Å². The maximum absolute atomic E-state index is 12.1. The van der Waals surface area contributed by atoms with E-state index in [4.69, 9.17) is 4.74 Å². The van der Waals surface area contributed by atoms with Crippen molar-refractivity contribution in [1.82, 2.24) is 9.80 Å². The van der Waals surface area contributed by atoms with Crippen LogP contribution in [0.4, 0.5) is 15.3 Å². The SMILES string of the molecule is CCOC(=O)N1CCN(C(=O)Nc2ccccc2O)CC1. The molecule has 0 atom stereocenters. The highest BCUT2D eigenvalue weighted by molar-refractivity contribution is 5.91. The highest BCUT2D eigenvalue weighted by atomic mass is 16.6. The maximum atomic E-state index is 12.1. The number of nitrogens with zero attached hydrogens (tertiary/aromatic N) is 2. The summed E-state index contributed by atoms with van der Waals surface area (Å²) in [7, 11) is 0. The zero-order valence-corrected chi connectivity index (χ0v) is 11.9. The van der Waals surface area contributed by atoms with E-state index in [0.717, 1.165) is 0 Å². The fraction of sp³-hybridized carbons (Fsp3) is 0.429. The third-order valence-corrected chi connectivity index (χ3v) is 3.24. The predicted molar refractivity (Wildman–Crippen MR) is 77.3 cm³/mol. The first-order valence-electron chi connectivity index (χ1n) is 6.87. The molecular formula is C14H19N3O4. The van der Waals surface area contributed by atoms with Crippen LogP contribution >= 0.6 is 0 Å². The van der Waals surface area contributed by atoms with E-state index in [1.807, 2.05) is 0 Å². The van der Waals surface area contributed by atoms with Crippen LogP contribution in [0.5, 0.6) is 5.75 Å². The van der Waals surface area contributed by atoms with Crippen LogP contribution in [0.25, 0.3) is 0 Å². The number of carbonyl (C=O) groups is 2. The molecule has 0 spiro atoms. The van der Waals surface area contributed by atoms with Crippen molar-refractivity contribution in [3.63, 3.8) is 0 Å². The van der Waals surface area contributed by atoms with Crippen LogP contribution in [0, 0.1) is 0 Å². The number of ether oxygens (including phenoxy) is 1. The summed E-state index contributed by atoms with van der Waals surface area (Å²) >= 11 is 0. The van der Waals surface area contributed by atoms with Crippen LogP contribution in [-0.2, 0) is 4.74 Å². The summed E-state index contributed by atoms with van der Waals surface area (Å²) in [6.07, 6.45) is -0.349. The topological polar surface area (TPSA) is 82.1 Å². The van der Waals surface area contributed by atoms with E-state index in [9.17, 15) is 14.7 Å². The minimum Gasteiger partial charge on any atom is -0.506 e. The molecule has 21 heavy (non-hydrogen) atoms. The second-order valence-corrected chi connectivity index (χ2v) is 4.62. The number of piperazine rings is 1. The lowest BCUT2D eigenvalue weighted by Gasteiger charge is -2.34. The van der Waals surface area contributed by atoms with Crippen molar-refractivity contribution in [3.8, 4) is 5.75 Å². The van der Waals surface area contributed by atoms with E-state index in [-0.39, 0.29) is 17.9 Å². The van der Waals surface area contributed by atoms with Crippen molar-refractivity contribution in [2.45, 2.75) is 6.92 Å². The van der Waals surface area contributed by atoms with Crippen LogP contribution in [0.1, 0.15) is 6.92 Å². The molecule has 1 aromatic rings. The minimum absolute atomic E-state index is 0.0241. The Balaban J connectivity index is 1.86. The molecule has 2 N–H and O–H groups in total. The Hall–Kier alpha value is -2.44. The number of phenols is 1. The Morgan fingerprint density at radius 2 is 1.81 bits per heavy atom. The van der Waals surface area contributed by atoms with Gasteiger partial charge in [0, 0.05) is 26.2 Å². The first kappa shape index (κ1) is 15.0. The van der Waals surface area contributed by atoms with E-state index in [1.165, 1.54) is 6.07 Å². The molecule has 3 amide bonds. The van der Waals surface area contributed by atoms with Gasteiger partial charge in [-0.15, -0.1) is 0 Å². The number of hydrogen-bond acceptors (Lipinski definition) is 4. The van der Waals surface area contributed by atoms with Gasteiger partial charge in [-0.2, -0.15) is 0 Å². The Kier molecular flexibility index (Phi) is 4.86. The molecule has 0 saturated carbocycles. The van der Waals surface area contributed by atoms with E-state index in [0.29, 0.717) is 38.5 Å². The second-order valence-electron chi connectivity index (χ2n) is 4.62. The van der Waals surface area contributed by atoms with Crippen molar-refractivity contribution >= 4 is 17.8 Å². The molecule has 0 aliphatic carbocycles. The van der Waals surface area contributed by atoms with Gasteiger partial charge in [-0.1, -0.05) is 12.1 Å². The summed E-state index contributed by atoms with van der Waals surface area (Å²) in [5.41, 5.74) is 0.371. The standard InChI is InChI=1S/C14H19N3O4/c1-2-21-14(20)17-9-7-16(8-10-17)13(19)15-11-5-3-4-6-12(11)18/h3-6,18H,2,7-10H2,1H3,(H,15,19). The summed E-state index contributed by atoms with van der Waals surface area (Å²) in [6, 6.07) is 6.26. The van der Waals surface area contributed by atoms with Crippen molar-refractivity contribution < 1.29 is 19.4 Å². The molecule has 0 bridgehead atoms. The Morgan fingerprint density at radius 1 is 1.19 bits per heavy atom. The number of phenolic OH excluding ortho intramolecular Hbond substituents is 1. The van der Waals surface area contributed by atoms with Gasteiger partial charge < -0.3 is 25.0 Å². The van der Waals surface area contributed by atoms with Crippen LogP contribution in [0.3, 0.4) is 0 Å². The number of hydrogen-bond donors (Lipinski definition) is 2. The van der Waals surface area contributed by atoms with E-state index >= 15 is 0 Å². The van der Waals surface area contributed by atoms with Crippen molar-refractivity contribution in [2.24, 2.45) is 0 Å². The first-order chi connectivity index (χ1) is 10.1. The molecule has 0 aromatic heterocycles. The van der Waals surface area contributed by atoms with Crippen molar-refractivity contribution in [2.75, 3.05) is 38.1 Å². The number of para-hydroxylation sites is 2. The van der Waals surface area contributed by atoms with Crippen LogP contribution < -0.4 is 5.32 Å². The first-order valence-corrected chi connectivity index (χ1v) is 6.87. The van der Waals surface area contributed by atoms with Gasteiger partial charge >= 0.3 is 12.1 Å². The summed E-state index contributed by atoms with van der Waals surface area (Å²) in [6.45, 7) is 3.83. The molecule has 1 fully saturated rings. The van der Waals surface area contributed by atoms with Gasteiger partial charge in [-0.25, -0.2) is 9.59 Å². The molecule has 0 radical (unpaired) electrons. The van der Waals surface area contributed by atoms with E-state index < -0.39 is 0 Å². The van der Waals surface area contributed by atoms with Crippen molar-refractivity contribution in [1.29, 1.82) is 0 Å². The normalized spacial score (nSPS) is 14.7. The molecule has 1 aliphatic heterocycles. The average Bonchev–Trinajstić information content (AvgIpc) is 2.50. The zero-order valence-electron chi connectivity index (χ0n) is 11.9. The third kappa shape index (κ3) is 3.77. The third-order valence-electron chi connectivity index (χ3n) is 3.24. The van der Waals surface area contributed by atoms with Gasteiger partial charge in [0.1, 0.15) is 5.75 Å². The highest BCUT2D eigenvalue weighted by Crippen LogP contribution is 2.22. The molecule has 0 unspecified atom stereocenters. The monoisotopic (exact) mass is 293 g/mol. The Bertz CT molecular complexity index is 513. The molecule has 7 nitrogen and oxygen atoms in total. The molecule has 1 saturated heterocycles. The highest BCUT2D eigenvalue weighted by Gasteiger charge is 2.25. The number of benzene rings is 1. The Morgan fingerprint density at radius 3 is 2.43 bits per heavy atom. The summed E-state index contributed by atoms with van der Waals surface area (Å²) in [5.74, 6) is 0.0241. The fourth-order valence-corrected chi connectivity index (χ4v) is 2.08. The smallest absolute Gasteiger partial charge is 0.409 e. The quantitative estimate of drug-likeness (QED) is 0.813. The summed E-state index contributed by atoms with van der Waals surface area (Å²) < 4.78 is 4.92. The van der Waals surface area contributed by atoms with Gasteiger partial charge in [0.25, 0.3) is 0 Å². The maximum Gasteiger partial charge on any atom is 0.409 e. The molecule has 1 heterocycles. The fourth-order valence-electron chi connectivity index (χ4n) is 2.08. The van der Waals surface area contributed by atoms with Crippen LogP contribution in [0.2, 0.25) is 0 Å². The van der Waals surface area contributed by atoms with Gasteiger partial charge in [-0.05, 0) is 19.1 Å².